The molecule has 2 aromatic rings. The summed E-state index contributed by atoms with van der Waals surface area (Å²) in [5.74, 6) is -0.981. The Labute approximate surface area is 120 Å². The van der Waals surface area contributed by atoms with Crippen LogP contribution in [0.25, 0.3) is 0 Å². The van der Waals surface area contributed by atoms with Crippen LogP contribution in [0.15, 0.2) is 47.1 Å². The zero-order chi connectivity index (χ0) is 15.1. The highest BCUT2D eigenvalue weighted by atomic mass is 19.1. The average molecular weight is 291 g/mol. The normalized spacial score (nSPS) is 10.1. The number of carbonyl (C=O) groups excluding carboxylic acids is 2. The summed E-state index contributed by atoms with van der Waals surface area (Å²) < 4.78 is 22.6. The molecule has 110 valence electrons. The van der Waals surface area contributed by atoms with Gasteiger partial charge in [0.25, 0.3) is 5.91 Å². The zero-order valence-corrected chi connectivity index (χ0v) is 11.2. The van der Waals surface area contributed by atoms with Crippen molar-refractivity contribution in [3.05, 3.63) is 59.8 Å². The maximum atomic E-state index is 12.7. The van der Waals surface area contributed by atoms with E-state index in [1.807, 2.05) is 0 Å². The highest BCUT2D eigenvalue weighted by Gasteiger charge is 2.09. The third-order valence-corrected chi connectivity index (χ3v) is 2.67. The molecule has 1 aromatic carbocycles. The molecule has 1 aromatic heterocycles. The van der Waals surface area contributed by atoms with Gasteiger partial charge in [0, 0.05) is 6.54 Å². The lowest BCUT2D eigenvalue weighted by Crippen LogP contribution is -2.26. The number of hydrogen-bond acceptors (Lipinski definition) is 4. The maximum absolute atomic E-state index is 12.7. The fraction of sp³-hybridized carbons (Fsp3) is 0.200. The Hall–Kier alpha value is -2.63. The number of halogens is 1. The Balaban J connectivity index is 1.66. The molecule has 2 rings (SSSR count). The molecule has 0 saturated heterocycles. The van der Waals surface area contributed by atoms with Crippen LogP contribution in [0.1, 0.15) is 22.5 Å². The van der Waals surface area contributed by atoms with Gasteiger partial charge in [-0.25, -0.2) is 4.39 Å². The lowest BCUT2D eigenvalue weighted by molar-refractivity contribution is -0.144. The second-order valence-corrected chi connectivity index (χ2v) is 4.27. The number of benzene rings is 1. The molecule has 21 heavy (non-hydrogen) atoms. The third-order valence-electron chi connectivity index (χ3n) is 2.67. The summed E-state index contributed by atoms with van der Waals surface area (Å²) >= 11 is 0. The van der Waals surface area contributed by atoms with Crippen molar-refractivity contribution in [2.45, 2.75) is 13.0 Å². The molecule has 0 saturated carbocycles. The lowest BCUT2D eigenvalue weighted by Gasteiger charge is -2.05. The van der Waals surface area contributed by atoms with Gasteiger partial charge in [-0.2, -0.15) is 0 Å². The maximum Gasteiger partial charge on any atom is 0.307 e. The number of carbonyl (C=O) groups is 2. The van der Waals surface area contributed by atoms with Crippen LogP contribution in [-0.2, 0) is 16.1 Å². The number of nitrogens with one attached hydrogen (secondary N) is 1. The van der Waals surface area contributed by atoms with Crippen LogP contribution in [0.2, 0.25) is 0 Å². The highest BCUT2D eigenvalue weighted by molar-refractivity contribution is 5.91. The summed E-state index contributed by atoms with van der Waals surface area (Å²) in [6.45, 7) is 0.229. The summed E-state index contributed by atoms with van der Waals surface area (Å²) in [7, 11) is 0. The van der Waals surface area contributed by atoms with Crippen molar-refractivity contribution in [2.75, 3.05) is 6.54 Å². The van der Waals surface area contributed by atoms with Crippen LogP contribution < -0.4 is 5.32 Å². The van der Waals surface area contributed by atoms with Crippen molar-refractivity contribution in [3.8, 4) is 0 Å². The van der Waals surface area contributed by atoms with Crippen LogP contribution >= 0.6 is 0 Å². The van der Waals surface area contributed by atoms with Gasteiger partial charge in [0.1, 0.15) is 12.4 Å². The Morgan fingerprint density at radius 1 is 1.19 bits per heavy atom. The fourth-order valence-corrected chi connectivity index (χ4v) is 1.59. The van der Waals surface area contributed by atoms with E-state index in [1.165, 1.54) is 24.5 Å². The number of rotatable bonds is 6. The Morgan fingerprint density at radius 3 is 2.62 bits per heavy atom. The summed E-state index contributed by atoms with van der Waals surface area (Å²) in [5.41, 5.74) is 0.698. The average Bonchev–Trinajstić information content (AvgIpc) is 3.01. The number of amides is 1. The molecular weight excluding hydrogens is 277 g/mol. The monoisotopic (exact) mass is 291 g/mol. The van der Waals surface area contributed by atoms with Gasteiger partial charge < -0.3 is 14.5 Å². The van der Waals surface area contributed by atoms with Crippen LogP contribution in [0.5, 0.6) is 0 Å². The third kappa shape index (κ3) is 4.76. The SMILES string of the molecule is O=C(CCNC(=O)c1ccco1)OCc1ccc(F)cc1. The molecule has 5 nitrogen and oxygen atoms in total. The van der Waals surface area contributed by atoms with E-state index in [2.05, 4.69) is 5.32 Å². The molecule has 0 aliphatic rings. The van der Waals surface area contributed by atoms with Gasteiger partial charge in [-0.15, -0.1) is 0 Å². The standard InChI is InChI=1S/C15H14FNO4/c16-12-5-3-11(4-6-12)10-21-14(18)7-8-17-15(19)13-2-1-9-20-13/h1-6,9H,7-8,10H2,(H,17,19). The zero-order valence-electron chi connectivity index (χ0n) is 11.2. The van der Waals surface area contributed by atoms with Gasteiger partial charge in [-0.1, -0.05) is 12.1 Å². The predicted molar refractivity (Wildman–Crippen MR) is 71.9 cm³/mol. The Morgan fingerprint density at radius 2 is 1.95 bits per heavy atom. The quantitative estimate of drug-likeness (QED) is 0.829. The van der Waals surface area contributed by atoms with Crippen LogP contribution in [-0.4, -0.2) is 18.4 Å². The van der Waals surface area contributed by atoms with E-state index in [9.17, 15) is 14.0 Å². The molecule has 0 unspecified atom stereocenters. The van der Waals surface area contributed by atoms with Crippen LogP contribution in [0, 0.1) is 5.82 Å². The minimum atomic E-state index is -0.445. The molecule has 0 spiro atoms. The molecule has 0 fully saturated rings. The number of furan rings is 1. The summed E-state index contributed by atoms with van der Waals surface area (Å²) in [6.07, 6.45) is 1.44. The van der Waals surface area contributed by atoms with Crippen LogP contribution in [0.3, 0.4) is 0 Å². The van der Waals surface area contributed by atoms with Gasteiger partial charge >= 0.3 is 5.97 Å². The summed E-state index contributed by atoms with van der Waals surface area (Å²) in [6, 6.07) is 8.82. The van der Waals surface area contributed by atoms with E-state index in [1.54, 1.807) is 18.2 Å². The first-order valence-corrected chi connectivity index (χ1v) is 6.37. The number of esters is 1. The first-order chi connectivity index (χ1) is 10.1. The molecule has 1 N–H and O–H groups in total. The van der Waals surface area contributed by atoms with Crippen molar-refractivity contribution in [3.63, 3.8) is 0 Å². The van der Waals surface area contributed by atoms with Gasteiger partial charge in [0.15, 0.2) is 5.76 Å². The Bertz CT molecular complexity index is 593. The van der Waals surface area contributed by atoms with Gasteiger partial charge in [-0.05, 0) is 29.8 Å². The molecule has 1 heterocycles. The van der Waals surface area contributed by atoms with E-state index < -0.39 is 5.97 Å². The molecule has 0 aliphatic carbocycles. The van der Waals surface area contributed by atoms with Crippen LogP contribution in [0.4, 0.5) is 4.39 Å². The topological polar surface area (TPSA) is 68.5 Å². The summed E-state index contributed by atoms with van der Waals surface area (Å²) in [5, 5.41) is 2.54. The van der Waals surface area contributed by atoms with Crippen molar-refractivity contribution in [1.29, 1.82) is 0 Å². The first-order valence-electron chi connectivity index (χ1n) is 6.37. The Kier molecular flexibility index (Phi) is 5.09. The van der Waals surface area contributed by atoms with Gasteiger partial charge in [-0.3, -0.25) is 9.59 Å². The van der Waals surface area contributed by atoms with Crippen molar-refractivity contribution < 1.29 is 23.1 Å². The van der Waals surface area contributed by atoms with E-state index in [-0.39, 0.29) is 37.1 Å². The first kappa shape index (κ1) is 14.8. The lowest BCUT2D eigenvalue weighted by atomic mass is 10.2. The highest BCUT2D eigenvalue weighted by Crippen LogP contribution is 2.05. The minimum absolute atomic E-state index is 0.0492. The molecule has 0 atom stereocenters. The largest absolute Gasteiger partial charge is 0.461 e. The van der Waals surface area contributed by atoms with E-state index >= 15 is 0 Å². The molecule has 0 bridgehead atoms. The molecule has 0 aliphatic heterocycles. The van der Waals surface area contributed by atoms with Crippen molar-refractivity contribution in [1.82, 2.24) is 5.32 Å². The van der Waals surface area contributed by atoms with E-state index in [4.69, 9.17) is 9.15 Å². The van der Waals surface area contributed by atoms with Gasteiger partial charge in [0.2, 0.25) is 0 Å². The molecular formula is C15H14FNO4. The van der Waals surface area contributed by atoms with Gasteiger partial charge in [0.05, 0.1) is 12.7 Å². The number of hydrogen-bond donors (Lipinski definition) is 1. The molecule has 0 radical (unpaired) electrons. The second kappa shape index (κ2) is 7.23. The van der Waals surface area contributed by atoms with E-state index in [0.717, 1.165) is 0 Å². The van der Waals surface area contributed by atoms with Crippen molar-refractivity contribution in [2.24, 2.45) is 0 Å². The van der Waals surface area contributed by atoms with E-state index in [0.29, 0.717) is 5.56 Å². The minimum Gasteiger partial charge on any atom is -0.461 e. The smallest absolute Gasteiger partial charge is 0.307 e. The molecule has 6 heteroatoms. The molecule has 1 amide bonds. The van der Waals surface area contributed by atoms with Crippen molar-refractivity contribution >= 4 is 11.9 Å². The predicted octanol–water partition coefficient (Wildman–Crippen LogP) is 2.28. The fourth-order valence-electron chi connectivity index (χ4n) is 1.59. The summed E-state index contributed by atoms with van der Waals surface area (Å²) in [4.78, 5) is 23.0. The number of ether oxygens (including phenoxy) is 1. The second-order valence-electron chi connectivity index (χ2n) is 4.27.